The Morgan fingerprint density at radius 2 is 1.90 bits per heavy atom. The molecule has 0 amide bonds. The van der Waals surface area contributed by atoms with Crippen LogP contribution in [0.2, 0.25) is 0 Å². The van der Waals surface area contributed by atoms with Crippen molar-refractivity contribution >= 4 is 16.5 Å². The second-order valence-corrected chi connectivity index (χ2v) is 7.24. The van der Waals surface area contributed by atoms with Crippen LogP contribution in [-0.2, 0) is 12.0 Å². The van der Waals surface area contributed by atoms with Crippen LogP contribution in [0.1, 0.15) is 44.6 Å². The minimum Gasteiger partial charge on any atom is -0.488 e. The van der Waals surface area contributed by atoms with Gasteiger partial charge in [0.05, 0.1) is 4.88 Å². The lowest BCUT2D eigenvalue weighted by Crippen LogP contribution is -2.10. The van der Waals surface area contributed by atoms with E-state index in [0.29, 0.717) is 6.61 Å². The van der Waals surface area contributed by atoms with Crippen molar-refractivity contribution in [2.45, 2.75) is 46.1 Å². The van der Waals surface area contributed by atoms with E-state index in [0.717, 1.165) is 28.7 Å². The van der Waals surface area contributed by atoms with Gasteiger partial charge in [-0.2, -0.15) is 0 Å². The van der Waals surface area contributed by atoms with Crippen LogP contribution < -0.4 is 10.1 Å². The molecule has 0 saturated heterocycles. The lowest BCUT2D eigenvalue weighted by atomic mass is 9.87. The standard InChI is InChI=1S/C17H24N2OS/c1-5-10-18-16-19-11-15(21-16)12-20-14-8-6-13(7-9-14)17(2,3)4/h6-9,11H,5,10,12H2,1-4H3,(H,18,19). The fraction of sp³-hybridized carbons (Fsp3) is 0.471. The van der Waals surface area contributed by atoms with Crippen molar-refractivity contribution in [2.24, 2.45) is 0 Å². The number of anilines is 1. The zero-order valence-corrected chi connectivity index (χ0v) is 14.1. The molecule has 114 valence electrons. The average Bonchev–Trinajstić information content (AvgIpc) is 2.90. The Hall–Kier alpha value is -1.55. The number of benzene rings is 1. The third-order valence-electron chi connectivity index (χ3n) is 3.18. The number of ether oxygens (including phenoxy) is 1. The van der Waals surface area contributed by atoms with E-state index in [1.54, 1.807) is 11.3 Å². The number of hydrogen-bond donors (Lipinski definition) is 1. The minimum atomic E-state index is 0.177. The Morgan fingerprint density at radius 3 is 2.52 bits per heavy atom. The maximum absolute atomic E-state index is 5.82. The highest BCUT2D eigenvalue weighted by molar-refractivity contribution is 7.15. The lowest BCUT2D eigenvalue weighted by molar-refractivity contribution is 0.309. The van der Waals surface area contributed by atoms with Gasteiger partial charge in [-0.15, -0.1) is 0 Å². The number of thiazole rings is 1. The van der Waals surface area contributed by atoms with Crippen LogP contribution in [0.15, 0.2) is 30.5 Å². The first-order valence-electron chi connectivity index (χ1n) is 7.41. The Morgan fingerprint density at radius 1 is 1.19 bits per heavy atom. The highest BCUT2D eigenvalue weighted by atomic mass is 32.1. The van der Waals surface area contributed by atoms with Gasteiger partial charge in [-0.05, 0) is 29.5 Å². The van der Waals surface area contributed by atoms with Gasteiger partial charge < -0.3 is 10.1 Å². The molecule has 2 rings (SSSR count). The molecular weight excluding hydrogens is 280 g/mol. The average molecular weight is 304 g/mol. The van der Waals surface area contributed by atoms with Crippen LogP contribution in [0, 0.1) is 0 Å². The zero-order chi connectivity index (χ0) is 15.3. The topological polar surface area (TPSA) is 34.2 Å². The molecular formula is C17H24N2OS. The maximum Gasteiger partial charge on any atom is 0.182 e. The van der Waals surface area contributed by atoms with Gasteiger partial charge >= 0.3 is 0 Å². The maximum atomic E-state index is 5.82. The van der Waals surface area contributed by atoms with Gasteiger partial charge in [-0.25, -0.2) is 4.98 Å². The third-order valence-corrected chi connectivity index (χ3v) is 4.11. The minimum absolute atomic E-state index is 0.177. The van der Waals surface area contributed by atoms with Gasteiger partial charge in [0.2, 0.25) is 0 Å². The molecule has 1 aromatic carbocycles. The van der Waals surface area contributed by atoms with Gasteiger partial charge in [-0.3, -0.25) is 0 Å². The number of hydrogen-bond acceptors (Lipinski definition) is 4. The summed E-state index contributed by atoms with van der Waals surface area (Å²) in [6.45, 7) is 10.3. The van der Waals surface area contributed by atoms with E-state index in [2.05, 4.69) is 50.1 Å². The van der Waals surface area contributed by atoms with E-state index in [9.17, 15) is 0 Å². The van der Waals surface area contributed by atoms with E-state index >= 15 is 0 Å². The number of nitrogens with one attached hydrogen (secondary N) is 1. The molecule has 0 saturated carbocycles. The van der Waals surface area contributed by atoms with Crippen LogP contribution in [0.25, 0.3) is 0 Å². The number of rotatable bonds is 6. The molecule has 0 bridgehead atoms. The molecule has 0 fully saturated rings. The summed E-state index contributed by atoms with van der Waals surface area (Å²) in [5, 5.41) is 4.26. The second kappa shape index (κ2) is 6.94. The Labute approximate surface area is 131 Å². The number of aromatic nitrogens is 1. The third kappa shape index (κ3) is 4.74. The van der Waals surface area contributed by atoms with Crippen molar-refractivity contribution in [3.05, 3.63) is 40.9 Å². The van der Waals surface area contributed by atoms with Crippen molar-refractivity contribution in [3.8, 4) is 5.75 Å². The molecule has 4 heteroatoms. The molecule has 2 aromatic rings. The number of nitrogens with zero attached hydrogens (tertiary/aromatic N) is 1. The van der Waals surface area contributed by atoms with Crippen LogP contribution in [0.5, 0.6) is 5.75 Å². The smallest absolute Gasteiger partial charge is 0.182 e. The summed E-state index contributed by atoms with van der Waals surface area (Å²) in [7, 11) is 0. The molecule has 1 heterocycles. The summed E-state index contributed by atoms with van der Waals surface area (Å²) in [6.07, 6.45) is 2.98. The van der Waals surface area contributed by atoms with E-state index < -0.39 is 0 Å². The summed E-state index contributed by atoms with van der Waals surface area (Å²) in [4.78, 5) is 5.47. The summed E-state index contributed by atoms with van der Waals surface area (Å²) in [5.41, 5.74) is 1.49. The van der Waals surface area contributed by atoms with Crippen molar-refractivity contribution in [1.29, 1.82) is 0 Å². The molecule has 1 N–H and O–H groups in total. The van der Waals surface area contributed by atoms with Crippen LogP contribution in [0.3, 0.4) is 0 Å². The lowest BCUT2D eigenvalue weighted by Gasteiger charge is -2.19. The Kier molecular flexibility index (Phi) is 5.23. The molecule has 0 aliphatic carbocycles. The first kappa shape index (κ1) is 15.8. The van der Waals surface area contributed by atoms with Crippen molar-refractivity contribution in [1.82, 2.24) is 4.98 Å². The first-order chi connectivity index (χ1) is 9.99. The highest BCUT2D eigenvalue weighted by Crippen LogP contribution is 2.25. The molecule has 0 radical (unpaired) electrons. The van der Waals surface area contributed by atoms with Gasteiger partial charge in [0, 0.05) is 12.7 Å². The molecule has 0 atom stereocenters. The van der Waals surface area contributed by atoms with Crippen molar-refractivity contribution < 1.29 is 4.74 Å². The fourth-order valence-corrected chi connectivity index (χ4v) is 2.64. The molecule has 0 aliphatic rings. The van der Waals surface area contributed by atoms with E-state index in [4.69, 9.17) is 4.74 Å². The largest absolute Gasteiger partial charge is 0.488 e. The van der Waals surface area contributed by atoms with Crippen molar-refractivity contribution in [2.75, 3.05) is 11.9 Å². The molecule has 3 nitrogen and oxygen atoms in total. The second-order valence-electron chi connectivity index (χ2n) is 6.12. The van der Waals surface area contributed by atoms with Crippen molar-refractivity contribution in [3.63, 3.8) is 0 Å². The molecule has 0 unspecified atom stereocenters. The zero-order valence-electron chi connectivity index (χ0n) is 13.3. The Bertz CT molecular complexity index is 555. The predicted molar refractivity (Wildman–Crippen MR) is 90.4 cm³/mol. The monoisotopic (exact) mass is 304 g/mol. The van der Waals surface area contributed by atoms with Gasteiger partial charge in [0.1, 0.15) is 12.4 Å². The van der Waals surface area contributed by atoms with Crippen LogP contribution >= 0.6 is 11.3 Å². The van der Waals surface area contributed by atoms with E-state index in [-0.39, 0.29) is 5.41 Å². The van der Waals surface area contributed by atoms with Gasteiger partial charge in [-0.1, -0.05) is 51.2 Å². The van der Waals surface area contributed by atoms with Gasteiger partial charge in [0.25, 0.3) is 0 Å². The molecule has 1 aromatic heterocycles. The summed E-state index contributed by atoms with van der Waals surface area (Å²) < 4.78 is 5.82. The highest BCUT2D eigenvalue weighted by Gasteiger charge is 2.13. The normalized spacial score (nSPS) is 11.4. The van der Waals surface area contributed by atoms with E-state index in [1.165, 1.54) is 5.56 Å². The summed E-state index contributed by atoms with van der Waals surface area (Å²) in [6, 6.07) is 8.35. The predicted octanol–water partition coefficient (Wildman–Crippen LogP) is 4.84. The first-order valence-corrected chi connectivity index (χ1v) is 8.22. The van der Waals surface area contributed by atoms with Gasteiger partial charge in [0.15, 0.2) is 5.13 Å². The quantitative estimate of drug-likeness (QED) is 0.829. The Balaban J connectivity index is 1.89. The van der Waals surface area contributed by atoms with Crippen LogP contribution in [0.4, 0.5) is 5.13 Å². The SMILES string of the molecule is CCCNc1ncc(COc2ccc(C(C)(C)C)cc2)s1. The molecule has 0 spiro atoms. The molecule has 21 heavy (non-hydrogen) atoms. The van der Waals surface area contributed by atoms with Crippen LogP contribution in [-0.4, -0.2) is 11.5 Å². The summed E-state index contributed by atoms with van der Waals surface area (Å²) in [5.74, 6) is 0.902. The summed E-state index contributed by atoms with van der Waals surface area (Å²) >= 11 is 1.65. The molecule has 0 aliphatic heterocycles. The van der Waals surface area contributed by atoms with E-state index in [1.807, 2.05) is 18.3 Å². The fourth-order valence-electron chi connectivity index (χ4n) is 1.89.